The van der Waals surface area contributed by atoms with Crippen LogP contribution in [0.1, 0.15) is 37.4 Å². The first-order valence-electron chi connectivity index (χ1n) is 8.92. The van der Waals surface area contributed by atoms with Crippen LogP contribution in [0.4, 0.5) is 5.69 Å². The van der Waals surface area contributed by atoms with Crippen LogP contribution in [0.25, 0.3) is 0 Å². The zero-order valence-corrected chi connectivity index (χ0v) is 16.0. The van der Waals surface area contributed by atoms with E-state index in [0.717, 1.165) is 25.0 Å². The van der Waals surface area contributed by atoms with E-state index in [9.17, 15) is 10.1 Å². The van der Waals surface area contributed by atoms with Crippen molar-refractivity contribution in [3.8, 4) is 17.6 Å². The van der Waals surface area contributed by atoms with Gasteiger partial charge in [0.1, 0.15) is 11.1 Å². The summed E-state index contributed by atoms with van der Waals surface area (Å²) in [4.78, 5) is 16.8. The summed E-state index contributed by atoms with van der Waals surface area (Å²) in [7, 11) is 0. The van der Waals surface area contributed by atoms with Crippen LogP contribution >= 0.6 is 11.8 Å². The number of pyridine rings is 1. The van der Waals surface area contributed by atoms with Gasteiger partial charge in [-0.3, -0.25) is 4.79 Å². The highest BCUT2D eigenvalue weighted by Gasteiger charge is 2.14. The standard InChI is InChI=1S/C20H21N3O3S/c1-2-3-4-15-6-5-14(12-21)20(23-15)27-10-9-19(24)22-16-7-8-17-18(11-16)26-13-25-17/h5-8,11H,2-4,9-10,13H2,1H3,(H,22,24). The molecule has 0 saturated heterocycles. The molecule has 0 atom stereocenters. The topological polar surface area (TPSA) is 84.2 Å². The van der Waals surface area contributed by atoms with Crippen molar-refractivity contribution in [1.82, 2.24) is 4.98 Å². The van der Waals surface area contributed by atoms with E-state index in [1.165, 1.54) is 11.8 Å². The summed E-state index contributed by atoms with van der Waals surface area (Å²) in [5, 5.41) is 12.8. The van der Waals surface area contributed by atoms with E-state index in [1.54, 1.807) is 18.2 Å². The zero-order chi connectivity index (χ0) is 19.1. The highest BCUT2D eigenvalue weighted by Crippen LogP contribution is 2.34. The average molecular weight is 383 g/mol. The number of aryl methyl sites for hydroxylation is 1. The van der Waals surface area contributed by atoms with E-state index in [-0.39, 0.29) is 12.7 Å². The Morgan fingerprint density at radius 3 is 2.96 bits per heavy atom. The van der Waals surface area contributed by atoms with E-state index >= 15 is 0 Å². The first-order valence-corrected chi connectivity index (χ1v) is 9.90. The molecule has 2 heterocycles. The Morgan fingerprint density at radius 2 is 2.15 bits per heavy atom. The molecule has 1 aromatic carbocycles. The predicted molar refractivity (Wildman–Crippen MR) is 104 cm³/mol. The number of nitriles is 1. The second-order valence-electron chi connectivity index (χ2n) is 6.09. The summed E-state index contributed by atoms with van der Waals surface area (Å²) in [6.07, 6.45) is 3.40. The Balaban J connectivity index is 1.53. The summed E-state index contributed by atoms with van der Waals surface area (Å²) < 4.78 is 10.6. The largest absolute Gasteiger partial charge is 0.454 e. The molecule has 7 heteroatoms. The molecular weight excluding hydrogens is 362 g/mol. The lowest BCUT2D eigenvalue weighted by atomic mass is 10.2. The third kappa shape index (κ3) is 5.14. The molecule has 1 N–H and O–H groups in total. The quantitative estimate of drug-likeness (QED) is 0.690. The van der Waals surface area contributed by atoms with E-state index in [1.807, 2.05) is 12.1 Å². The Hall–Kier alpha value is -2.72. The summed E-state index contributed by atoms with van der Waals surface area (Å²) in [6.45, 7) is 2.34. The highest BCUT2D eigenvalue weighted by molar-refractivity contribution is 7.99. The fourth-order valence-corrected chi connectivity index (χ4v) is 3.54. The number of nitrogens with one attached hydrogen (secondary N) is 1. The molecule has 27 heavy (non-hydrogen) atoms. The van der Waals surface area contributed by atoms with Gasteiger partial charge in [0.05, 0.1) is 5.56 Å². The summed E-state index contributed by atoms with van der Waals surface area (Å²) in [5.74, 6) is 1.77. The second kappa shape index (κ2) is 9.28. The molecule has 1 aromatic heterocycles. The van der Waals surface area contributed by atoms with Crippen molar-refractivity contribution in [2.45, 2.75) is 37.6 Å². The molecule has 0 bridgehead atoms. The van der Waals surface area contributed by atoms with Crippen molar-refractivity contribution < 1.29 is 14.3 Å². The summed E-state index contributed by atoms with van der Waals surface area (Å²) in [5.41, 5.74) is 2.21. The van der Waals surface area contributed by atoms with E-state index in [0.29, 0.717) is 39.9 Å². The third-order valence-corrected chi connectivity index (χ3v) is 5.04. The Labute approximate surface area is 162 Å². The molecule has 6 nitrogen and oxygen atoms in total. The first-order chi connectivity index (χ1) is 13.2. The number of hydrogen-bond acceptors (Lipinski definition) is 6. The fraction of sp³-hybridized carbons (Fsp3) is 0.350. The molecule has 0 unspecified atom stereocenters. The molecule has 0 fully saturated rings. The van der Waals surface area contributed by atoms with E-state index in [2.05, 4.69) is 23.3 Å². The third-order valence-electron chi connectivity index (χ3n) is 4.05. The number of hydrogen-bond donors (Lipinski definition) is 1. The molecule has 0 radical (unpaired) electrons. The smallest absolute Gasteiger partial charge is 0.231 e. The number of aromatic nitrogens is 1. The minimum Gasteiger partial charge on any atom is -0.454 e. The Kier molecular flexibility index (Phi) is 6.55. The Morgan fingerprint density at radius 1 is 1.30 bits per heavy atom. The molecule has 1 aliphatic heterocycles. The first kappa shape index (κ1) is 19.1. The van der Waals surface area contributed by atoms with Gasteiger partial charge in [-0.2, -0.15) is 5.26 Å². The minimum absolute atomic E-state index is 0.0954. The number of amides is 1. The molecule has 1 aliphatic rings. The molecule has 140 valence electrons. The number of carbonyl (C=O) groups excluding carboxylic acids is 1. The van der Waals surface area contributed by atoms with Gasteiger partial charge in [-0.25, -0.2) is 4.98 Å². The van der Waals surface area contributed by atoms with Gasteiger partial charge in [0.15, 0.2) is 11.5 Å². The van der Waals surface area contributed by atoms with Crippen LogP contribution < -0.4 is 14.8 Å². The van der Waals surface area contributed by atoms with Crippen LogP contribution in [-0.2, 0) is 11.2 Å². The number of ether oxygens (including phenoxy) is 2. The number of benzene rings is 1. The van der Waals surface area contributed by atoms with Gasteiger partial charge in [0.25, 0.3) is 0 Å². The lowest BCUT2D eigenvalue weighted by Gasteiger charge is -2.08. The van der Waals surface area contributed by atoms with Gasteiger partial charge < -0.3 is 14.8 Å². The van der Waals surface area contributed by atoms with Crippen LogP contribution in [0.5, 0.6) is 11.5 Å². The van der Waals surface area contributed by atoms with Crippen LogP contribution in [0.3, 0.4) is 0 Å². The van der Waals surface area contributed by atoms with Crippen molar-refractivity contribution in [2.75, 3.05) is 17.9 Å². The monoisotopic (exact) mass is 383 g/mol. The van der Waals surface area contributed by atoms with Gasteiger partial charge in [-0.05, 0) is 37.1 Å². The number of anilines is 1. The zero-order valence-electron chi connectivity index (χ0n) is 15.2. The molecule has 1 amide bonds. The second-order valence-corrected chi connectivity index (χ2v) is 7.17. The normalized spacial score (nSPS) is 11.9. The van der Waals surface area contributed by atoms with Crippen molar-refractivity contribution in [3.63, 3.8) is 0 Å². The number of rotatable bonds is 8. The molecule has 3 rings (SSSR count). The van der Waals surface area contributed by atoms with Crippen LogP contribution in [-0.4, -0.2) is 23.4 Å². The van der Waals surface area contributed by atoms with Crippen LogP contribution in [0.15, 0.2) is 35.4 Å². The van der Waals surface area contributed by atoms with Crippen molar-refractivity contribution >= 4 is 23.4 Å². The number of thioether (sulfide) groups is 1. The molecule has 0 aliphatic carbocycles. The van der Waals surface area contributed by atoms with Crippen LogP contribution in [0, 0.1) is 11.3 Å². The van der Waals surface area contributed by atoms with Gasteiger partial charge in [-0.1, -0.05) is 13.3 Å². The molecule has 0 spiro atoms. The fourth-order valence-electron chi connectivity index (χ4n) is 2.61. The maximum atomic E-state index is 12.2. The summed E-state index contributed by atoms with van der Waals surface area (Å²) in [6, 6.07) is 11.2. The van der Waals surface area contributed by atoms with Gasteiger partial charge in [0.2, 0.25) is 12.7 Å². The summed E-state index contributed by atoms with van der Waals surface area (Å²) >= 11 is 1.44. The van der Waals surface area contributed by atoms with Gasteiger partial charge in [-0.15, -0.1) is 11.8 Å². The molecule has 0 saturated carbocycles. The molecular formula is C20H21N3O3S. The van der Waals surface area contributed by atoms with Gasteiger partial charge in [0, 0.05) is 29.6 Å². The SMILES string of the molecule is CCCCc1ccc(C#N)c(SCCC(=O)Nc2ccc3c(c2)OCO3)n1. The number of carbonyl (C=O) groups is 1. The van der Waals surface area contributed by atoms with Crippen molar-refractivity contribution in [3.05, 3.63) is 41.6 Å². The van der Waals surface area contributed by atoms with E-state index < -0.39 is 0 Å². The number of nitrogens with zero attached hydrogens (tertiary/aromatic N) is 2. The number of fused-ring (bicyclic) bond motifs is 1. The predicted octanol–water partition coefficient (Wildman–Crippen LogP) is 4.15. The minimum atomic E-state index is -0.0954. The van der Waals surface area contributed by atoms with Crippen molar-refractivity contribution in [2.24, 2.45) is 0 Å². The van der Waals surface area contributed by atoms with Crippen LogP contribution in [0.2, 0.25) is 0 Å². The maximum Gasteiger partial charge on any atom is 0.231 e. The van der Waals surface area contributed by atoms with Gasteiger partial charge >= 0.3 is 0 Å². The lowest BCUT2D eigenvalue weighted by Crippen LogP contribution is -2.12. The number of unbranched alkanes of at least 4 members (excludes halogenated alkanes) is 1. The van der Waals surface area contributed by atoms with E-state index in [4.69, 9.17) is 9.47 Å². The Bertz CT molecular complexity index is 864. The average Bonchev–Trinajstić information content (AvgIpc) is 3.14. The lowest BCUT2D eigenvalue weighted by molar-refractivity contribution is -0.115. The molecule has 2 aromatic rings. The highest BCUT2D eigenvalue weighted by atomic mass is 32.2. The maximum absolute atomic E-state index is 12.2. The van der Waals surface area contributed by atoms with Crippen molar-refractivity contribution in [1.29, 1.82) is 5.26 Å².